The van der Waals surface area contributed by atoms with Gasteiger partial charge in [-0.15, -0.1) is 0 Å². The van der Waals surface area contributed by atoms with Gasteiger partial charge in [-0.2, -0.15) is 9.78 Å². The van der Waals surface area contributed by atoms with E-state index in [0.29, 0.717) is 31.8 Å². The van der Waals surface area contributed by atoms with E-state index in [9.17, 15) is 9.59 Å². The van der Waals surface area contributed by atoms with Gasteiger partial charge in [-0.05, 0) is 57.2 Å². The third-order valence-corrected chi connectivity index (χ3v) is 6.24. The Labute approximate surface area is 189 Å². The summed E-state index contributed by atoms with van der Waals surface area (Å²) in [6, 6.07) is 15.8. The van der Waals surface area contributed by atoms with Gasteiger partial charge in [0.15, 0.2) is 0 Å². The Balaban J connectivity index is 1.18. The number of amides is 1. The molecule has 0 aliphatic carbocycles. The summed E-state index contributed by atoms with van der Waals surface area (Å²) in [5, 5.41) is 5.38. The topological polar surface area (TPSA) is 64.4 Å². The maximum Gasteiger partial charge on any atom is 0.247 e. The van der Waals surface area contributed by atoms with Gasteiger partial charge in [0.2, 0.25) is 11.8 Å². The molecule has 1 saturated heterocycles. The van der Waals surface area contributed by atoms with Crippen molar-refractivity contribution >= 4 is 22.7 Å². The molecule has 4 rings (SSSR count). The van der Waals surface area contributed by atoms with Crippen molar-refractivity contribution in [2.24, 2.45) is 5.92 Å². The first-order valence-electron chi connectivity index (χ1n) is 11.5. The van der Waals surface area contributed by atoms with Crippen LogP contribution in [0.15, 0.2) is 48.5 Å². The van der Waals surface area contributed by atoms with Crippen molar-refractivity contribution in [1.82, 2.24) is 14.7 Å². The molecule has 1 fully saturated rings. The zero-order valence-electron chi connectivity index (χ0n) is 18.9. The van der Waals surface area contributed by atoms with E-state index in [1.165, 1.54) is 10.2 Å². The second-order valence-electron chi connectivity index (χ2n) is 8.71. The number of aryl methyl sites for hydroxylation is 2. The van der Waals surface area contributed by atoms with Crippen LogP contribution in [0.4, 0.5) is 0 Å². The van der Waals surface area contributed by atoms with Gasteiger partial charge in [0, 0.05) is 31.3 Å². The van der Waals surface area contributed by atoms with E-state index in [1.807, 2.05) is 60.4 Å². The first kappa shape index (κ1) is 22.1. The fourth-order valence-corrected chi connectivity index (χ4v) is 4.34. The number of likely N-dealkylation sites (tertiary alicyclic amines) is 1. The third kappa shape index (κ3) is 5.18. The molecule has 2 aromatic carbocycles. The van der Waals surface area contributed by atoms with Crippen LogP contribution in [0.3, 0.4) is 0 Å². The molecule has 3 aromatic rings. The van der Waals surface area contributed by atoms with Crippen LogP contribution in [0.25, 0.3) is 10.9 Å². The van der Waals surface area contributed by atoms with E-state index < -0.39 is 0 Å². The van der Waals surface area contributed by atoms with Crippen molar-refractivity contribution in [1.29, 1.82) is 0 Å². The number of nitrogens with zero attached hydrogens (tertiary/aromatic N) is 3. The lowest BCUT2D eigenvalue weighted by molar-refractivity contribution is -0.130. The minimum Gasteiger partial charge on any atom is -0.494 e. The van der Waals surface area contributed by atoms with Crippen molar-refractivity contribution in [3.8, 4) is 5.75 Å². The predicted octanol–water partition coefficient (Wildman–Crippen LogP) is 4.78. The summed E-state index contributed by atoms with van der Waals surface area (Å²) >= 11 is 0. The molecule has 1 atom stereocenters. The number of carbonyl (C=O) groups excluding carboxylic acids is 2. The van der Waals surface area contributed by atoms with Crippen LogP contribution in [-0.4, -0.2) is 46.2 Å². The van der Waals surface area contributed by atoms with E-state index in [-0.39, 0.29) is 11.8 Å². The zero-order valence-corrected chi connectivity index (χ0v) is 18.9. The largest absolute Gasteiger partial charge is 0.494 e. The molecule has 0 saturated carbocycles. The van der Waals surface area contributed by atoms with Gasteiger partial charge in [0.05, 0.1) is 17.8 Å². The molecule has 6 nitrogen and oxygen atoms in total. The highest BCUT2D eigenvalue weighted by molar-refractivity contribution is 5.92. The Hall–Kier alpha value is -3.15. The van der Waals surface area contributed by atoms with Crippen LogP contribution in [0.1, 0.15) is 48.2 Å². The quantitative estimate of drug-likeness (QED) is 0.513. The fourth-order valence-electron chi connectivity index (χ4n) is 4.34. The maximum atomic E-state index is 12.6. The van der Waals surface area contributed by atoms with Gasteiger partial charge >= 0.3 is 0 Å². The van der Waals surface area contributed by atoms with Crippen molar-refractivity contribution in [3.63, 3.8) is 0 Å². The van der Waals surface area contributed by atoms with Crippen LogP contribution in [-0.2, 0) is 4.79 Å². The van der Waals surface area contributed by atoms with Gasteiger partial charge < -0.3 is 9.64 Å². The van der Waals surface area contributed by atoms with Crippen molar-refractivity contribution in [2.75, 3.05) is 19.7 Å². The summed E-state index contributed by atoms with van der Waals surface area (Å²) in [5.74, 6) is 1.45. The fraction of sp³-hybridized carbons (Fsp3) is 0.423. The molecule has 2 heterocycles. The van der Waals surface area contributed by atoms with E-state index in [2.05, 4.69) is 12.0 Å². The Kier molecular flexibility index (Phi) is 6.88. The number of para-hydroxylation sites is 1. The van der Waals surface area contributed by atoms with Gasteiger partial charge in [0.25, 0.3) is 0 Å². The molecule has 1 aromatic heterocycles. The molecule has 1 aliphatic rings. The monoisotopic (exact) mass is 433 g/mol. The van der Waals surface area contributed by atoms with E-state index >= 15 is 0 Å². The average molecular weight is 434 g/mol. The lowest BCUT2D eigenvalue weighted by atomic mass is 10.1. The smallest absolute Gasteiger partial charge is 0.247 e. The number of hydrogen-bond donors (Lipinski definition) is 0. The number of hydrogen-bond acceptors (Lipinski definition) is 4. The van der Waals surface area contributed by atoms with Gasteiger partial charge in [-0.3, -0.25) is 9.59 Å². The third-order valence-electron chi connectivity index (χ3n) is 6.24. The number of ether oxygens (including phenoxy) is 1. The van der Waals surface area contributed by atoms with Gasteiger partial charge in [0.1, 0.15) is 5.75 Å². The number of fused-ring (bicyclic) bond motifs is 1. The summed E-state index contributed by atoms with van der Waals surface area (Å²) in [6.07, 6.45) is 3.22. The second kappa shape index (κ2) is 9.98. The summed E-state index contributed by atoms with van der Waals surface area (Å²) in [5.41, 5.74) is 2.90. The summed E-state index contributed by atoms with van der Waals surface area (Å²) in [4.78, 5) is 27.2. The minimum absolute atomic E-state index is 0.0605. The number of carbonyl (C=O) groups is 2. The molecule has 0 N–H and O–H groups in total. The van der Waals surface area contributed by atoms with Crippen LogP contribution in [0.2, 0.25) is 0 Å². The molecule has 32 heavy (non-hydrogen) atoms. The van der Waals surface area contributed by atoms with Gasteiger partial charge in [-0.1, -0.05) is 35.9 Å². The molecule has 1 amide bonds. The summed E-state index contributed by atoms with van der Waals surface area (Å²) < 4.78 is 7.32. The Bertz CT molecular complexity index is 1090. The van der Waals surface area contributed by atoms with Crippen molar-refractivity contribution < 1.29 is 14.3 Å². The van der Waals surface area contributed by atoms with Crippen LogP contribution >= 0.6 is 0 Å². The van der Waals surface area contributed by atoms with Gasteiger partial charge in [-0.25, -0.2) is 0 Å². The number of aromatic nitrogens is 2. The van der Waals surface area contributed by atoms with Crippen LogP contribution < -0.4 is 4.74 Å². The number of rotatable bonds is 8. The van der Waals surface area contributed by atoms with E-state index in [1.54, 1.807) is 0 Å². The lowest BCUT2D eigenvalue weighted by Gasteiger charge is -2.16. The Morgan fingerprint density at radius 1 is 1.03 bits per heavy atom. The molecular weight excluding hydrogens is 402 g/mol. The maximum absolute atomic E-state index is 12.6. The highest BCUT2D eigenvalue weighted by atomic mass is 16.5. The first-order valence-corrected chi connectivity index (χ1v) is 11.5. The highest BCUT2D eigenvalue weighted by Gasteiger charge is 2.26. The predicted molar refractivity (Wildman–Crippen MR) is 125 cm³/mol. The van der Waals surface area contributed by atoms with Crippen molar-refractivity contribution in [3.05, 3.63) is 59.8 Å². The zero-order chi connectivity index (χ0) is 22.5. The molecule has 6 heteroatoms. The highest BCUT2D eigenvalue weighted by Crippen LogP contribution is 2.22. The van der Waals surface area contributed by atoms with E-state index in [4.69, 9.17) is 4.74 Å². The molecule has 168 valence electrons. The molecule has 1 aliphatic heterocycles. The van der Waals surface area contributed by atoms with Crippen molar-refractivity contribution in [2.45, 2.75) is 46.0 Å². The second-order valence-corrected chi connectivity index (χ2v) is 8.71. The normalized spacial score (nSPS) is 15.9. The lowest BCUT2D eigenvalue weighted by Crippen LogP contribution is -2.28. The molecule has 0 spiro atoms. The molecular formula is C26H31N3O3. The average Bonchev–Trinajstić information content (AvgIpc) is 3.40. The summed E-state index contributed by atoms with van der Waals surface area (Å²) in [6.45, 7) is 6.22. The van der Waals surface area contributed by atoms with E-state index in [0.717, 1.165) is 48.3 Å². The standard InChI is InChI=1S/C26H31N3O3/c1-19-10-12-22(13-11-19)32-17-15-21-14-16-28(18-21)25(30)8-5-9-26(31)29-24-7-4-3-6-23(24)20(2)27-29/h3-4,6-7,10-13,21H,5,8-9,14-18H2,1-2H3. The summed E-state index contributed by atoms with van der Waals surface area (Å²) in [7, 11) is 0. The minimum atomic E-state index is -0.0605. The van der Waals surface area contributed by atoms with Crippen LogP contribution in [0.5, 0.6) is 5.75 Å². The molecule has 0 bridgehead atoms. The SMILES string of the molecule is Cc1ccc(OCCC2CCN(C(=O)CCCC(=O)n3nc(C)c4ccccc43)C2)cc1. The molecule has 0 radical (unpaired) electrons. The Morgan fingerprint density at radius 2 is 1.78 bits per heavy atom. The van der Waals surface area contributed by atoms with Crippen LogP contribution in [0, 0.1) is 19.8 Å². The molecule has 1 unspecified atom stereocenters. The number of benzene rings is 2. The first-order chi connectivity index (χ1) is 15.5. The Morgan fingerprint density at radius 3 is 2.59 bits per heavy atom.